The van der Waals surface area contributed by atoms with Crippen molar-refractivity contribution in [3.8, 4) is 0 Å². The fourth-order valence-corrected chi connectivity index (χ4v) is 1.65. The molecule has 16 heavy (non-hydrogen) atoms. The number of hydrogen-bond donors (Lipinski definition) is 0. The van der Waals surface area contributed by atoms with Crippen LogP contribution < -0.4 is 0 Å². The first-order valence-electron chi connectivity index (χ1n) is 5.85. The minimum atomic E-state index is 0.1000. The zero-order valence-electron chi connectivity index (χ0n) is 10.6. The van der Waals surface area contributed by atoms with Crippen LogP contribution in [-0.2, 0) is 17.9 Å². The minimum absolute atomic E-state index is 0.1000. The molecule has 0 spiro atoms. The first kappa shape index (κ1) is 12.7. The Bertz CT molecular complexity index is 346. The molecule has 0 saturated carbocycles. The van der Waals surface area contributed by atoms with Gasteiger partial charge < -0.3 is 4.90 Å². The second-order valence-electron chi connectivity index (χ2n) is 4.14. The van der Waals surface area contributed by atoms with Crippen molar-refractivity contribution < 1.29 is 4.79 Å². The van der Waals surface area contributed by atoms with E-state index < -0.39 is 0 Å². The summed E-state index contributed by atoms with van der Waals surface area (Å²) in [5.41, 5.74) is 1.08. The van der Waals surface area contributed by atoms with Crippen molar-refractivity contribution in [2.45, 2.75) is 40.3 Å². The number of carbonyl (C=O) groups excluding carboxylic acids is 1. The van der Waals surface area contributed by atoms with Crippen LogP contribution in [0, 0.1) is 5.92 Å². The van der Waals surface area contributed by atoms with Crippen LogP contribution in [0.15, 0.2) is 12.3 Å². The lowest BCUT2D eigenvalue weighted by atomic mass is 10.1. The van der Waals surface area contributed by atoms with Gasteiger partial charge in [0.2, 0.25) is 5.91 Å². The molecule has 0 aliphatic carbocycles. The Morgan fingerprint density at radius 3 is 2.81 bits per heavy atom. The Labute approximate surface area is 97.2 Å². The molecule has 0 unspecified atom stereocenters. The number of carbonyl (C=O) groups is 1. The van der Waals surface area contributed by atoms with Crippen molar-refractivity contribution in [1.82, 2.24) is 14.7 Å². The molecule has 1 heterocycles. The van der Waals surface area contributed by atoms with Crippen LogP contribution in [0.25, 0.3) is 0 Å². The summed E-state index contributed by atoms with van der Waals surface area (Å²) in [7, 11) is 1.85. The maximum absolute atomic E-state index is 11.9. The molecule has 4 heteroatoms. The second-order valence-corrected chi connectivity index (χ2v) is 4.14. The Morgan fingerprint density at radius 1 is 1.56 bits per heavy atom. The summed E-state index contributed by atoms with van der Waals surface area (Å²) >= 11 is 0. The van der Waals surface area contributed by atoms with Gasteiger partial charge in [0.15, 0.2) is 0 Å². The molecule has 0 bridgehead atoms. The van der Waals surface area contributed by atoms with Crippen LogP contribution in [0.1, 0.15) is 32.9 Å². The molecule has 0 aliphatic heterocycles. The number of aromatic nitrogens is 2. The average Bonchev–Trinajstić information content (AvgIpc) is 2.74. The lowest BCUT2D eigenvalue weighted by molar-refractivity contribution is -0.134. The van der Waals surface area contributed by atoms with E-state index in [1.54, 1.807) is 11.1 Å². The molecule has 1 rings (SSSR count). The van der Waals surface area contributed by atoms with Gasteiger partial charge in [-0.1, -0.05) is 13.8 Å². The topological polar surface area (TPSA) is 38.1 Å². The Balaban J connectivity index is 2.64. The molecule has 90 valence electrons. The van der Waals surface area contributed by atoms with Crippen molar-refractivity contribution in [1.29, 1.82) is 0 Å². The van der Waals surface area contributed by atoms with Gasteiger partial charge in [-0.15, -0.1) is 0 Å². The van der Waals surface area contributed by atoms with E-state index in [2.05, 4.69) is 5.10 Å². The molecule has 0 N–H and O–H groups in total. The van der Waals surface area contributed by atoms with Crippen molar-refractivity contribution in [3.63, 3.8) is 0 Å². The molecule has 4 nitrogen and oxygen atoms in total. The predicted molar refractivity (Wildman–Crippen MR) is 63.8 cm³/mol. The third kappa shape index (κ3) is 2.84. The zero-order chi connectivity index (χ0) is 12.1. The van der Waals surface area contributed by atoms with E-state index in [1.807, 2.05) is 38.6 Å². The van der Waals surface area contributed by atoms with Gasteiger partial charge in [0.05, 0.1) is 12.2 Å². The second kappa shape index (κ2) is 5.68. The van der Waals surface area contributed by atoms with E-state index in [4.69, 9.17) is 0 Å². The Morgan fingerprint density at radius 2 is 2.25 bits per heavy atom. The standard InChI is InChI=1S/C12H21N3O/c1-5-10(3)12(16)14(4)9-11-7-8-13-15(11)6-2/h7-8,10H,5-6,9H2,1-4H3/t10-/m1/s1. The lowest BCUT2D eigenvalue weighted by Gasteiger charge is -2.20. The molecule has 0 saturated heterocycles. The minimum Gasteiger partial charge on any atom is -0.340 e. The summed E-state index contributed by atoms with van der Waals surface area (Å²) in [6, 6.07) is 1.96. The van der Waals surface area contributed by atoms with E-state index in [0.29, 0.717) is 6.54 Å². The molecule has 0 radical (unpaired) electrons. The van der Waals surface area contributed by atoms with Gasteiger partial charge in [-0.25, -0.2) is 0 Å². The molecule has 0 fully saturated rings. The van der Waals surface area contributed by atoms with E-state index in [0.717, 1.165) is 18.7 Å². The first-order valence-corrected chi connectivity index (χ1v) is 5.85. The van der Waals surface area contributed by atoms with Gasteiger partial charge in [-0.05, 0) is 19.4 Å². The van der Waals surface area contributed by atoms with Crippen LogP contribution in [0.4, 0.5) is 0 Å². The molecule has 0 aliphatic rings. The van der Waals surface area contributed by atoms with E-state index in [-0.39, 0.29) is 11.8 Å². The van der Waals surface area contributed by atoms with Gasteiger partial charge in [0, 0.05) is 25.7 Å². The number of aryl methyl sites for hydroxylation is 1. The van der Waals surface area contributed by atoms with Crippen molar-refractivity contribution in [2.24, 2.45) is 5.92 Å². The summed E-state index contributed by atoms with van der Waals surface area (Å²) in [6.45, 7) is 7.53. The van der Waals surface area contributed by atoms with Gasteiger partial charge in [0.1, 0.15) is 0 Å². The van der Waals surface area contributed by atoms with Crippen molar-refractivity contribution in [2.75, 3.05) is 7.05 Å². The molecule has 1 atom stereocenters. The highest BCUT2D eigenvalue weighted by molar-refractivity contribution is 5.78. The quantitative estimate of drug-likeness (QED) is 0.764. The molecule has 0 aromatic carbocycles. The Hall–Kier alpha value is -1.32. The highest BCUT2D eigenvalue weighted by Crippen LogP contribution is 2.09. The van der Waals surface area contributed by atoms with Crippen LogP contribution in [0.5, 0.6) is 0 Å². The zero-order valence-corrected chi connectivity index (χ0v) is 10.6. The number of nitrogens with zero attached hydrogens (tertiary/aromatic N) is 3. The highest BCUT2D eigenvalue weighted by atomic mass is 16.2. The number of rotatable bonds is 5. The van der Waals surface area contributed by atoms with Gasteiger partial charge in [-0.2, -0.15) is 5.10 Å². The highest BCUT2D eigenvalue weighted by Gasteiger charge is 2.16. The Kier molecular flexibility index (Phi) is 4.52. The molecule has 1 amide bonds. The normalized spacial score (nSPS) is 12.5. The smallest absolute Gasteiger partial charge is 0.225 e. The van der Waals surface area contributed by atoms with Crippen LogP contribution in [-0.4, -0.2) is 27.6 Å². The van der Waals surface area contributed by atoms with Gasteiger partial charge in [0.25, 0.3) is 0 Å². The summed E-state index contributed by atoms with van der Waals surface area (Å²) in [5.74, 6) is 0.300. The fourth-order valence-electron chi connectivity index (χ4n) is 1.65. The summed E-state index contributed by atoms with van der Waals surface area (Å²) < 4.78 is 1.92. The number of hydrogen-bond acceptors (Lipinski definition) is 2. The van der Waals surface area contributed by atoms with Crippen LogP contribution in [0.2, 0.25) is 0 Å². The molecule has 1 aromatic heterocycles. The van der Waals surface area contributed by atoms with E-state index in [1.165, 1.54) is 0 Å². The third-order valence-corrected chi connectivity index (χ3v) is 2.91. The average molecular weight is 223 g/mol. The summed E-state index contributed by atoms with van der Waals surface area (Å²) in [5, 5.41) is 4.19. The monoisotopic (exact) mass is 223 g/mol. The van der Waals surface area contributed by atoms with Crippen molar-refractivity contribution in [3.05, 3.63) is 18.0 Å². The molecular weight excluding hydrogens is 202 g/mol. The molecule has 1 aromatic rings. The summed E-state index contributed by atoms with van der Waals surface area (Å²) in [6.07, 6.45) is 2.66. The largest absolute Gasteiger partial charge is 0.340 e. The SMILES string of the molecule is CC[C@@H](C)C(=O)N(C)Cc1ccnn1CC. The first-order chi connectivity index (χ1) is 7.60. The maximum Gasteiger partial charge on any atom is 0.225 e. The molecular formula is C12H21N3O. The van der Waals surface area contributed by atoms with E-state index in [9.17, 15) is 4.79 Å². The van der Waals surface area contributed by atoms with Crippen LogP contribution in [0.3, 0.4) is 0 Å². The number of amides is 1. The van der Waals surface area contributed by atoms with Crippen molar-refractivity contribution >= 4 is 5.91 Å². The predicted octanol–water partition coefficient (Wildman–Crippen LogP) is 1.91. The lowest BCUT2D eigenvalue weighted by Crippen LogP contribution is -2.31. The maximum atomic E-state index is 11.9. The van der Waals surface area contributed by atoms with Crippen LogP contribution >= 0.6 is 0 Å². The van der Waals surface area contributed by atoms with Gasteiger partial charge in [-0.3, -0.25) is 9.48 Å². The third-order valence-electron chi connectivity index (χ3n) is 2.91. The van der Waals surface area contributed by atoms with Gasteiger partial charge >= 0.3 is 0 Å². The summed E-state index contributed by atoms with van der Waals surface area (Å²) in [4.78, 5) is 13.7. The van der Waals surface area contributed by atoms with E-state index >= 15 is 0 Å². The fraction of sp³-hybridized carbons (Fsp3) is 0.667.